The summed E-state index contributed by atoms with van der Waals surface area (Å²) in [6.07, 6.45) is 4.47. The molecule has 2 fully saturated rings. The standard InChI is InChI=1S/C15H23N3O2S/c16-13-6-4-12(5-7-13)11-21(19,20)17-14-8-10-18-9-2-1-3-15(14)18/h4-7,14-15,17H,1-3,8-11,16H2. The highest BCUT2D eigenvalue weighted by Gasteiger charge is 2.37. The van der Waals surface area contributed by atoms with Crippen LogP contribution in [-0.4, -0.2) is 38.5 Å². The number of nitrogens with two attached hydrogens (primary N) is 1. The molecular weight excluding hydrogens is 286 g/mol. The zero-order valence-electron chi connectivity index (χ0n) is 12.2. The summed E-state index contributed by atoms with van der Waals surface area (Å²) < 4.78 is 27.6. The number of nitrogen functional groups attached to an aromatic ring is 1. The molecule has 21 heavy (non-hydrogen) atoms. The van der Waals surface area contributed by atoms with Crippen molar-refractivity contribution < 1.29 is 8.42 Å². The molecule has 0 bridgehead atoms. The van der Waals surface area contributed by atoms with Gasteiger partial charge in [0.1, 0.15) is 0 Å². The summed E-state index contributed by atoms with van der Waals surface area (Å²) in [4.78, 5) is 2.43. The van der Waals surface area contributed by atoms with Gasteiger partial charge in [0.15, 0.2) is 0 Å². The average Bonchev–Trinajstić information content (AvgIpc) is 2.84. The molecule has 0 aliphatic carbocycles. The van der Waals surface area contributed by atoms with Crippen molar-refractivity contribution in [3.8, 4) is 0 Å². The molecule has 1 aromatic rings. The number of nitrogens with zero attached hydrogens (tertiary/aromatic N) is 1. The first kappa shape index (κ1) is 14.8. The summed E-state index contributed by atoms with van der Waals surface area (Å²) in [5.74, 6) is 0.0243. The van der Waals surface area contributed by atoms with Crippen molar-refractivity contribution in [3.63, 3.8) is 0 Å². The van der Waals surface area contributed by atoms with Crippen molar-refractivity contribution in [2.24, 2.45) is 0 Å². The summed E-state index contributed by atoms with van der Waals surface area (Å²) in [5, 5.41) is 0. The summed E-state index contributed by atoms with van der Waals surface area (Å²) >= 11 is 0. The van der Waals surface area contributed by atoms with Crippen molar-refractivity contribution in [2.45, 2.75) is 43.5 Å². The van der Waals surface area contributed by atoms with E-state index >= 15 is 0 Å². The Morgan fingerprint density at radius 1 is 1.14 bits per heavy atom. The number of benzene rings is 1. The Morgan fingerprint density at radius 3 is 2.67 bits per heavy atom. The first-order chi connectivity index (χ1) is 10.0. The van der Waals surface area contributed by atoms with Gasteiger partial charge in [-0.3, -0.25) is 4.90 Å². The summed E-state index contributed by atoms with van der Waals surface area (Å²) in [6.45, 7) is 2.13. The Kier molecular flexibility index (Phi) is 4.19. The molecule has 3 N–H and O–H groups in total. The van der Waals surface area contributed by atoms with E-state index in [4.69, 9.17) is 5.73 Å². The fourth-order valence-corrected chi connectivity index (χ4v) is 4.94. The van der Waals surface area contributed by atoms with Gasteiger partial charge in [-0.1, -0.05) is 18.6 Å². The van der Waals surface area contributed by atoms with Crippen molar-refractivity contribution >= 4 is 15.7 Å². The molecule has 0 aromatic heterocycles. The fourth-order valence-electron chi connectivity index (χ4n) is 3.49. The molecular formula is C15H23N3O2S. The third-order valence-corrected chi connectivity index (χ3v) is 5.90. The highest BCUT2D eigenvalue weighted by molar-refractivity contribution is 7.88. The number of fused-ring (bicyclic) bond motifs is 1. The summed E-state index contributed by atoms with van der Waals surface area (Å²) in [5.41, 5.74) is 7.05. The third kappa shape index (κ3) is 3.56. The molecule has 2 atom stereocenters. The van der Waals surface area contributed by atoms with E-state index in [0.29, 0.717) is 11.7 Å². The largest absolute Gasteiger partial charge is 0.399 e. The van der Waals surface area contributed by atoms with Gasteiger partial charge in [0, 0.05) is 24.3 Å². The van der Waals surface area contributed by atoms with Gasteiger partial charge in [-0.2, -0.15) is 0 Å². The molecule has 116 valence electrons. The number of anilines is 1. The second-order valence-corrected chi connectivity index (χ2v) is 7.87. The van der Waals surface area contributed by atoms with Gasteiger partial charge in [0.2, 0.25) is 10.0 Å². The minimum Gasteiger partial charge on any atom is -0.399 e. The van der Waals surface area contributed by atoms with Crippen molar-refractivity contribution in [1.29, 1.82) is 0 Å². The SMILES string of the molecule is Nc1ccc(CS(=O)(=O)NC2CCN3CCCCC23)cc1. The maximum atomic E-state index is 12.4. The highest BCUT2D eigenvalue weighted by Crippen LogP contribution is 2.27. The van der Waals surface area contributed by atoms with Gasteiger partial charge in [-0.05, 0) is 43.5 Å². The molecule has 6 heteroatoms. The second-order valence-electron chi connectivity index (χ2n) is 6.11. The summed E-state index contributed by atoms with van der Waals surface area (Å²) in [6, 6.07) is 7.49. The van der Waals surface area contributed by atoms with Crippen LogP contribution in [0.3, 0.4) is 0 Å². The van der Waals surface area contributed by atoms with Gasteiger partial charge < -0.3 is 5.73 Å². The Balaban J connectivity index is 1.64. The lowest BCUT2D eigenvalue weighted by molar-refractivity contribution is 0.186. The molecule has 2 aliphatic heterocycles. The van der Waals surface area contributed by atoms with Crippen LogP contribution in [0.15, 0.2) is 24.3 Å². The second kappa shape index (κ2) is 5.94. The van der Waals surface area contributed by atoms with Crippen molar-refractivity contribution in [2.75, 3.05) is 18.8 Å². The molecule has 0 amide bonds. The van der Waals surface area contributed by atoms with Crippen LogP contribution in [-0.2, 0) is 15.8 Å². The molecule has 3 rings (SSSR count). The van der Waals surface area contributed by atoms with Gasteiger partial charge >= 0.3 is 0 Å². The van der Waals surface area contributed by atoms with E-state index in [1.807, 2.05) is 0 Å². The Labute approximate surface area is 126 Å². The van der Waals surface area contributed by atoms with Crippen LogP contribution in [0.5, 0.6) is 0 Å². The smallest absolute Gasteiger partial charge is 0.216 e. The molecule has 2 saturated heterocycles. The molecule has 2 heterocycles. The van der Waals surface area contributed by atoms with E-state index in [-0.39, 0.29) is 11.8 Å². The number of hydrogen-bond acceptors (Lipinski definition) is 4. The van der Waals surface area contributed by atoms with Gasteiger partial charge in [0.25, 0.3) is 0 Å². The maximum absolute atomic E-state index is 12.4. The topological polar surface area (TPSA) is 75.4 Å². The van der Waals surface area contributed by atoms with Crippen LogP contribution in [0.4, 0.5) is 5.69 Å². The van der Waals surface area contributed by atoms with E-state index in [9.17, 15) is 8.42 Å². The monoisotopic (exact) mass is 309 g/mol. The lowest BCUT2D eigenvalue weighted by Gasteiger charge is -2.32. The molecule has 0 saturated carbocycles. The van der Waals surface area contributed by atoms with Crippen LogP contribution in [0, 0.1) is 0 Å². The predicted octanol–water partition coefficient (Wildman–Crippen LogP) is 1.31. The van der Waals surface area contributed by atoms with Crippen LogP contribution in [0.2, 0.25) is 0 Å². The molecule has 1 aromatic carbocycles. The average molecular weight is 309 g/mol. The zero-order valence-corrected chi connectivity index (χ0v) is 13.0. The van der Waals surface area contributed by atoms with E-state index < -0.39 is 10.0 Å². The number of piperidine rings is 1. The number of hydrogen-bond donors (Lipinski definition) is 2. The van der Waals surface area contributed by atoms with E-state index in [1.165, 1.54) is 12.8 Å². The van der Waals surface area contributed by atoms with E-state index in [1.54, 1.807) is 24.3 Å². The number of rotatable bonds is 4. The first-order valence-electron chi connectivity index (χ1n) is 7.62. The lowest BCUT2D eigenvalue weighted by Crippen LogP contribution is -2.46. The minimum atomic E-state index is -3.30. The lowest BCUT2D eigenvalue weighted by atomic mass is 10.00. The maximum Gasteiger partial charge on any atom is 0.216 e. The van der Waals surface area contributed by atoms with E-state index in [2.05, 4.69) is 9.62 Å². The minimum absolute atomic E-state index is 0.0243. The quantitative estimate of drug-likeness (QED) is 0.823. The van der Waals surface area contributed by atoms with Crippen molar-refractivity contribution in [1.82, 2.24) is 9.62 Å². The van der Waals surface area contributed by atoms with Crippen molar-refractivity contribution in [3.05, 3.63) is 29.8 Å². The fraction of sp³-hybridized carbons (Fsp3) is 0.600. The van der Waals surface area contributed by atoms with Gasteiger partial charge in [0.05, 0.1) is 5.75 Å². The molecule has 2 unspecified atom stereocenters. The normalized spacial score (nSPS) is 26.7. The van der Waals surface area contributed by atoms with Crippen LogP contribution < -0.4 is 10.5 Å². The predicted molar refractivity (Wildman–Crippen MR) is 84.2 cm³/mol. The highest BCUT2D eigenvalue weighted by atomic mass is 32.2. The van der Waals surface area contributed by atoms with Crippen LogP contribution in [0.1, 0.15) is 31.2 Å². The van der Waals surface area contributed by atoms with Gasteiger partial charge in [-0.25, -0.2) is 13.1 Å². The number of nitrogens with one attached hydrogen (secondary N) is 1. The van der Waals surface area contributed by atoms with Gasteiger partial charge in [-0.15, -0.1) is 0 Å². The Hall–Kier alpha value is -1.11. The third-order valence-electron chi connectivity index (χ3n) is 4.52. The molecule has 0 spiro atoms. The zero-order chi connectivity index (χ0) is 14.9. The summed E-state index contributed by atoms with van der Waals surface area (Å²) in [7, 11) is -3.30. The van der Waals surface area contributed by atoms with Crippen LogP contribution >= 0.6 is 0 Å². The van der Waals surface area contributed by atoms with Crippen LogP contribution in [0.25, 0.3) is 0 Å². The first-order valence-corrected chi connectivity index (χ1v) is 9.27. The van der Waals surface area contributed by atoms with E-state index in [0.717, 1.165) is 31.5 Å². The molecule has 0 radical (unpaired) electrons. The Bertz CT molecular complexity index is 585. The number of sulfonamides is 1. The Morgan fingerprint density at radius 2 is 1.90 bits per heavy atom. The molecule has 2 aliphatic rings. The molecule has 5 nitrogen and oxygen atoms in total.